The van der Waals surface area contributed by atoms with Crippen molar-refractivity contribution in [3.63, 3.8) is 0 Å². The van der Waals surface area contributed by atoms with Crippen LogP contribution in [0, 0.1) is 11.3 Å². The number of aliphatic hydroxyl groups is 1. The van der Waals surface area contributed by atoms with Gasteiger partial charge in [-0.1, -0.05) is 36.8 Å². The predicted octanol–water partition coefficient (Wildman–Crippen LogP) is 4.83. The molecule has 1 aliphatic carbocycles. The van der Waals surface area contributed by atoms with E-state index < -0.39 is 6.10 Å². The van der Waals surface area contributed by atoms with Crippen LogP contribution in [0.15, 0.2) is 48.3 Å². The van der Waals surface area contributed by atoms with E-state index in [-0.39, 0.29) is 5.41 Å². The Hall–Kier alpha value is -1.41. The molecule has 1 aliphatic rings. The number of pyridine rings is 1. The first-order chi connectivity index (χ1) is 10.0. The molecule has 0 amide bonds. The van der Waals surface area contributed by atoms with Crippen molar-refractivity contribution in [3.8, 4) is 0 Å². The third-order valence-electron chi connectivity index (χ3n) is 4.23. The van der Waals surface area contributed by atoms with Crippen LogP contribution in [0.5, 0.6) is 0 Å². The van der Waals surface area contributed by atoms with Gasteiger partial charge in [-0.15, -0.1) is 0 Å². The maximum atomic E-state index is 10.8. The summed E-state index contributed by atoms with van der Waals surface area (Å²) in [6.07, 6.45) is 14.3. The van der Waals surface area contributed by atoms with Crippen molar-refractivity contribution in [2.24, 2.45) is 11.3 Å². The highest BCUT2D eigenvalue weighted by atomic mass is 16.3. The smallest absolute Gasteiger partial charge is 0.0892 e. The fourth-order valence-electron chi connectivity index (χ4n) is 2.55. The monoisotopic (exact) mass is 285 g/mol. The van der Waals surface area contributed by atoms with Crippen molar-refractivity contribution in [2.75, 3.05) is 0 Å². The predicted molar refractivity (Wildman–Crippen MR) is 87.8 cm³/mol. The first-order valence-corrected chi connectivity index (χ1v) is 7.92. The van der Waals surface area contributed by atoms with Crippen LogP contribution in [0.4, 0.5) is 0 Å². The Morgan fingerprint density at radius 2 is 2.24 bits per heavy atom. The van der Waals surface area contributed by atoms with E-state index in [9.17, 15) is 5.11 Å². The summed E-state index contributed by atoms with van der Waals surface area (Å²) in [4.78, 5) is 4.14. The number of hydrogen-bond donors (Lipinski definition) is 1. The lowest BCUT2D eigenvalue weighted by atomic mass is 9.76. The van der Waals surface area contributed by atoms with Crippen LogP contribution in [-0.2, 0) is 0 Å². The number of aromatic nitrogens is 1. The molecule has 1 heterocycles. The Balaban J connectivity index is 2.15. The Bertz CT molecular complexity index is 498. The van der Waals surface area contributed by atoms with Crippen LogP contribution in [-0.4, -0.2) is 10.1 Å². The molecular weight excluding hydrogens is 258 g/mol. The minimum atomic E-state index is -0.508. The quantitative estimate of drug-likeness (QED) is 0.728. The Labute approximate surface area is 128 Å². The van der Waals surface area contributed by atoms with Gasteiger partial charge in [-0.25, -0.2) is 0 Å². The van der Waals surface area contributed by atoms with Crippen molar-refractivity contribution in [2.45, 2.75) is 52.6 Å². The molecule has 1 N–H and O–H groups in total. The Kier molecular flexibility index (Phi) is 5.35. The number of hydrogen-bond acceptors (Lipinski definition) is 2. The summed E-state index contributed by atoms with van der Waals surface area (Å²) in [6, 6.07) is 3.85. The second kappa shape index (κ2) is 7.04. The van der Waals surface area contributed by atoms with Crippen molar-refractivity contribution < 1.29 is 5.11 Å². The zero-order valence-electron chi connectivity index (χ0n) is 13.4. The van der Waals surface area contributed by atoms with Gasteiger partial charge in [0.1, 0.15) is 0 Å². The third kappa shape index (κ3) is 4.82. The topological polar surface area (TPSA) is 33.1 Å². The van der Waals surface area contributed by atoms with Crippen LogP contribution >= 0.6 is 0 Å². The zero-order chi connectivity index (χ0) is 15.3. The van der Waals surface area contributed by atoms with Crippen LogP contribution in [0.1, 0.15) is 58.1 Å². The molecular formula is C19H27NO. The van der Waals surface area contributed by atoms with Crippen LogP contribution < -0.4 is 0 Å². The molecule has 1 aromatic heterocycles. The molecule has 2 atom stereocenters. The summed E-state index contributed by atoms with van der Waals surface area (Å²) in [5.74, 6) is 0.730. The van der Waals surface area contributed by atoms with E-state index in [4.69, 9.17) is 0 Å². The molecule has 0 spiro atoms. The highest BCUT2D eigenvalue weighted by Crippen LogP contribution is 2.41. The maximum absolute atomic E-state index is 10.8. The Morgan fingerprint density at radius 1 is 1.48 bits per heavy atom. The largest absolute Gasteiger partial charge is 0.387 e. The van der Waals surface area contributed by atoms with Crippen LogP contribution in [0.25, 0.3) is 0 Å². The summed E-state index contributed by atoms with van der Waals surface area (Å²) in [7, 11) is 0. The fourth-order valence-corrected chi connectivity index (χ4v) is 2.55. The first kappa shape index (κ1) is 16.0. The molecule has 1 fully saturated rings. The summed E-state index contributed by atoms with van der Waals surface area (Å²) in [6.45, 7) is 6.40. The van der Waals surface area contributed by atoms with Crippen molar-refractivity contribution in [3.05, 3.63) is 53.9 Å². The molecule has 0 radical (unpaired) electrons. The van der Waals surface area contributed by atoms with Gasteiger partial charge in [0, 0.05) is 17.8 Å². The standard InChI is InChI=1S/C19H27NO/c1-15(2)6-4-11-19(3,12-10-16-8-9-16)18(21)17-7-5-13-20-14-17/h5-7,10,12-14,16,18,21H,4,8-9,11H2,1-3H3/b12-10+. The molecule has 2 nitrogen and oxygen atoms in total. The second-order valence-corrected chi connectivity index (χ2v) is 6.71. The summed E-state index contributed by atoms with van der Waals surface area (Å²) >= 11 is 0. The van der Waals surface area contributed by atoms with Crippen LogP contribution in [0.3, 0.4) is 0 Å². The van der Waals surface area contributed by atoms with Gasteiger partial charge in [-0.3, -0.25) is 4.98 Å². The number of aliphatic hydroxyl groups excluding tert-OH is 1. The molecule has 0 aromatic carbocycles. The molecule has 2 unspecified atom stereocenters. The van der Waals surface area contributed by atoms with Gasteiger partial charge in [-0.2, -0.15) is 0 Å². The van der Waals surface area contributed by atoms with Crippen molar-refractivity contribution in [1.29, 1.82) is 0 Å². The lowest BCUT2D eigenvalue weighted by Crippen LogP contribution is -2.23. The van der Waals surface area contributed by atoms with Crippen molar-refractivity contribution >= 4 is 0 Å². The van der Waals surface area contributed by atoms with E-state index in [1.807, 2.05) is 12.1 Å². The minimum Gasteiger partial charge on any atom is -0.387 e. The van der Waals surface area contributed by atoms with Gasteiger partial charge in [0.05, 0.1) is 6.10 Å². The van der Waals surface area contributed by atoms with E-state index in [0.29, 0.717) is 0 Å². The molecule has 0 saturated heterocycles. The highest BCUT2D eigenvalue weighted by molar-refractivity contribution is 5.19. The van der Waals surface area contributed by atoms with E-state index >= 15 is 0 Å². The molecule has 0 bridgehead atoms. The highest BCUT2D eigenvalue weighted by Gasteiger charge is 2.32. The van der Waals surface area contributed by atoms with E-state index in [2.05, 4.69) is 44.0 Å². The minimum absolute atomic E-state index is 0.239. The summed E-state index contributed by atoms with van der Waals surface area (Å²) in [5.41, 5.74) is 1.99. The van der Waals surface area contributed by atoms with Crippen LogP contribution in [0.2, 0.25) is 0 Å². The number of nitrogens with zero attached hydrogens (tertiary/aromatic N) is 1. The molecule has 2 heteroatoms. The third-order valence-corrected chi connectivity index (χ3v) is 4.23. The number of rotatable bonds is 7. The lowest BCUT2D eigenvalue weighted by Gasteiger charge is -2.32. The van der Waals surface area contributed by atoms with E-state index in [1.165, 1.54) is 18.4 Å². The molecule has 21 heavy (non-hydrogen) atoms. The van der Waals surface area contributed by atoms with E-state index in [1.54, 1.807) is 12.4 Å². The number of allylic oxidation sites excluding steroid dienone is 3. The lowest BCUT2D eigenvalue weighted by molar-refractivity contribution is 0.0638. The van der Waals surface area contributed by atoms with Gasteiger partial charge in [0.15, 0.2) is 0 Å². The molecule has 0 aliphatic heterocycles. The van der Waals surface area contributed by atoms with Gasteiger partial charge in [0.2, 0.25) is 0 Å². The average molecular weight is 285 g/mol. The van der Waals surface area contributed by atoms with Gasteiger partial charge < -0.3 is 5.11 Å². The molecule has 114 valence electrons. The molecule has 1 aromatic rings. The normalized spacial score (nSPS) is 19.2. The molecule has 2 rings (SSSR count). The van der Waals surface area contributed by atoms with E-state index in [0.717, 1.165) is 24.3 Å². The molecule has 1 saturated carbocycles. The summed E-state index contributed by atoms with van der Waals surface area (Å²) < 4.78 is 0. The zero-order valence-corrected chi connectivity index (χ0v) is 13.4. The van der Waals surface area contributed by atoms with Gasteiger partial charge in [0.25, 0.3) is 0 Å². The SMILES string of the molecule is CC(C)=CCCC(C)(/C=C/C1CC1)C(O)c1cccnc1. The van der Waals surface area contributed by atoms with Crippen molar-refractivity contribution in [1.82, 2.24) is 4.98 Å². The van der Waals surface area contributed by atoms with Gasteiger partial charge >= 0.3 is 0 Å². The maximum Gasteiger partial charge on any atom is 0.0892 e. The van der Waals surface area contributed by atoms with Gasteiger partial charge in [-0.05, 0) is 57.1 Å². The second-order valence-electron chi connectivity index (χ2n) is 6.71. The Morgan fingerprint density at radius 3 is 2.81 bits per heavy atom. The fraction of sp³-hybridized carbons (Fsp3) is 0.526. The first-order valence-electron chi connectivity index (χ1n) is 7.92. The average Bonchev–Trinajstić information content (AvgIpc) is 3.29. The summed E-state index contributed by atoms with van der Waals surface area (Å²) in [5, 5.41) is 10.8.